The molecule has 3 aromatic rings. The maximum Gasteiger partial charge on any atom is 0.256 e. The Morgan fingerprint density at radius 2 is 1.59 bits per heavy atom. The normalized spacial score (nSPS) is 11.7. The van der Waals surface area contributed by atoms with Crippen LogP contribution in [0.4, 0.5) is 5.69 Å². The summed E-state index contributed by atoms with van der Waals surface area (Å²) in [5.74, 6) is -0.647. The Kier molecular flexibility index (Phi) is 5.69. The van der Waals surface area contributed by atoms with Crippen LogP contribution in [0.25, 0.3) is 0 Å². The number of carbonyl (C=O) groups is 2. The lowest BCUT2D eigenvalue weighted by atomic mass is 9.98. The largest absolute Gasteiger partial charge is 0.389 e. The smallest absolute Gasteiger partial charge is 0.256 e. The Balaban J connectivity index is 1.89. The minimum Gasteiger partial charge on any atom is -0.389 e. The van der Waals surface area contributed by atoms with E-state index in [0.29, 0.717) is 27.4 Å². The van der Waals surface area contributed by atoms with Crippen molar-refractivity contribution in [3.8, 4) is 0 Å². The van der Waals surface area contributed by atoms with Gasteiger partial charge in [-0.25, -0.2) is 0 Å². The van der Waals surface area contributed by atoms with Gasteiger partial charge in [-0.05, 0) is 55.0 Å². The highest BCUT2D eigenvalue weighted by Crippen LogP contribution is 2.20. The van der Waals surface area contributed by atoms with Crippen molar-refractivity contribution in [2.24, 2.45) is 0 Å². The van der Waals surface area contributed by atoms with Crippen LogP contribution in [0, 0.1) is 0 Å². The van der Waals surface area contributed by atoms with Crippen molar-refractivity contribution in [2.75, 3.05) is 5.32 Å². The van der Waals surface area contributed by atoms with Gasteiger partial charge >= 0.3 is 0 Å². The molecule has 5 heteroatoms. The number of nitrogens with one attached hydrogen (secondary N) is 1. The maximum absolute atomic E-state index is 12.8. The quantitative estimate of drug-likeness (QED) is 0.621. The number of benzene rings is 3. The molecule has 0 aliphatic carbocycles. The summed E-state index contributed by atoms with van der Waals surface area (Å²) in [6.07, 6.45) is -0.638. The Morgan fingerprint density at radius 3 is 2.26 bits per heavy atom. The fraction of sp³-hybridized carbons (Fsp3) is 0.0909. The molecule has 1 atom stereocenters. The van der Waals surface area contributed by atoms with Crippen molar-refractivity contribution in [2.45, 2.75) is 13.0 Å². The second-order valence-electron chi connectivity index (χ2n) is 6.14. The summed E-state index contributed by atoms with van der Waals surface area (Å²) in [7, 11) is 0. The van der Waals surface area contributed by atoms with Gasteiger partial charge in [0.15, 0.2) is 5.78 Å². The van der Waals surface area contributed by atoms with Crippen LogP contribution < -0.4 is 5.32 Å². The van der Waals surface area contributed by atoms with Gasteiger partial charge in [0, 0.05) is 21.8 Å². The molecule has 0 fully saturated rings. The number of carbonyl (C=O) groups excluding carboxylic acids is 2. The lowest BCUT2D eigenvalue weighted by Crippen LogP contribution is -2.17. The van der Waals surface area contributed by atoms with Crippen molar-refractivity contribution < 1.29 is 14.7 Å². The van der Waals surface area contributed by atoms with Crippen LogP contribution in [0.15, 0.2) is 72.8 Å². The first-order valence-corrected chi connectivity index (χ1v) is 8.82. The molecule has 0 spiro atoms. The third-order valence-electron chi connectivity index (χ3n) is 4.15. The third-order valence-corrected chi connectivity index (χ3v) is 4.40. The summed E-state index contributed by atoms with van der Waals surface area (Å²) in [6, 6.07) is 20.2. The van der Waals surface area contributed by atoms with Gasteiger partial charge in [-0.1, -0.05) is 41.9 Å². The minimum absolute atomic E-state index is 0.254. The van der Waals surface area contributed by atoms with Crippen molar-refractivity contribution in [1.29, 1.82) is 0 Å². The van der Waals surface area contributed by atoms with E-state index in [-0.39, 0.29) is 11.3 Å². The lowest BCUT2D eigenvalue weighted by molar-refractivity contribution is 0.0996. The van der Waals surface area contributed by atoms with Crippen LogP contribution in [0.1, 0.15) is 44.9 Å². The molecule has 136 valence electrons. The molecule has 2 N–H and O–H groups in total. The molecule has 0 radical (unpaired) electrons. The zero-order chi connectivity index (χ0) is 19.4. The van der Waals surface area contributed by atoms with E-state index < -0.39 is 12.0 Å². The molecule has 3 rings (SSSR count). The standard InChI is InChI=1S/C22H18ClNO3/c1-14(25)16-5-4-6-18(13-16)24-22(27)20-8-3-2-7-19(20)21(26)15-9-11-17(23)12-10-15/h2-14,25H,1H3,(H,24,27)/t14-/m0/s1. The van der Waals surface area contributed by atoms with Crippen molar-refractivity contribution in [1.82, 2.24) is 0 Å². The van der Waals surface area contributed by atoms with Crippen LogP contribution in [0.5, 0.6) is 0 Å². The first-order chi connectivity index (χ1) is 13.0. The van der Waals surface area contributed by atoms with E-state index >= 15 is 0 Å². The molecule has 0 aliphatic heterocycles. The highest BCUT2D eigenvalue weighted by Gasteiger charge is 2.18. The first kappa shape index (κ1) is 18.8. The van der Waals surface area contributed by atoms with E-state index in [9.17, 15) is 14.7 Å². The molecule has 3 aromatic carbocycles. The first-order valence-electron chi connectivity index (χ1n) is 8.44. The number of aliphatic hydroxyl groups excluding tert-OH is 1. The molecule has 0 aromatic heterocycles. The predicted molar refractivity (Wildman–Crippen MR) is 106 cm³/mol. The van der Waals surface area contributed by atoms with Gasteiger partial charge in [0.1, 0.15) is 0 Å². The van der Waals surface area contributed by atoms with Gasteiger partial charge in [-0.15, -0.1) is 0 Å². The van der Waals surface area contributed by atoms with Crippen molar-refractivity contribution in [3.63, 3.8) is 0 Å². The number of anilines is 1. The average Bonchev–Trinajstić information content (AvgIpc) is 2.68. The molecule has 0 saturated heterocycles. The molecule has 0 aliphatic rings. The fourth-order valence-electron chi connectivity index (χ4n) is 2.71. The second-order valence-corrected chi connectivity index (χ2v) is 6.57. The van der Waals surface area contributed by atoms with E-state index in [2.05, 4.69) is 5.32 Å². The van der Waals surface area contributed by atoms with Crippen molar-refractivity contribution >= 4 is 29.0 Å². The Bertz CT molecular complexity index is 981. The molecule has 4 nitrogen and oxygen atoms in total. The van der Waals surface area contributed by atoms with Crippen molar-refractivity contribution in [3.05, 3.63) is 100 Å². The molecule has 27 heavy (non-hydrogen) atoms. The van der Waals surface area contributed by atoms with E-state index in [1.807, 2.05) is 0 Å². The monoisotopic (exact) mass is 379 g/mol. The van der Waals surface area contributed by atoms with Crippen LogP contribution in [0.3, 0.4) is 0 Å². The van der Waals surface area contributed by atoms with Gasteiger partial charge in [0.25, 0.3) is 5.91 Å². The summed E-state index contributed by atoms with van der Waals surface area (Å²) >= 11 is 5.88. The van der Waals surface area contributed by atoms with Gasteiger partial charge in [0.2, 0.25) is 0 Å². The SMILES string of the molecule is C[C@H](O)c1cccc(NC(=O)c2ccccc2C(=O)c2ccc(Cl)cc2)c1. The van der Waals surface area contributed by atoms with Gasteiger partial charge in [-0.3, -0.25) is 9.59 Å². The maximum atomic E-state index is 12.8. The number of rotatable bonds is 5. The molecular formula is C22H18ClNO3. The van der Waals surface area contributed by atoms with E-state index in [0.717, 1.165) is 0 Å². The molecule has 1 amide bonds. The summed E-state index contributed by atoms with van der Waals surface area (Å²) in [6.45, 7) is 1.65. The second kappa shape index (κ2) is 8.16. The number of ketones is 1. The number of halogens is 1. The minimum atomic E-state index is -0.638. The van der Waals surface area contributed by atoms with E-state index in [4.69, 9.17) is 11.6 Å². The zero-order valence-electron chi connectivity index (χ0n) is 14.6. The average molecular weight is 380 g/mol. The predicted octanol–water partition coefficient (Wildman–Crippen LogP) is 4.88. The van der Waals surface area contributed by atoms with Gasteiger partial charge in [0.05, 0.1) is 11.7 Å². The van der Waals surface area contributed by atoms with Crippen LogP contribution in [-0.4, -0.2) is 16.8 Å². The fourth-order valence-corrected chi connectivity index (χ4v) is 2.84. The Labute approximate surface area is 162 Å². The number of hydrogen-bond acceptors (Lipinski definition) is 3. The van der Waals surface area contributed by atoms with Crippen LogP contribution in [-0.2, 0) is 0 Å². The highest BCUT2D eigenvalue weighted by atomic mass is 35.5. The summed E-state index contributed by atoms with van der Waals surface area (Å²) in [5.41, 5.74) is 2.28. The van der Waals surface area contributed by atoms with Gasteiger partial charge in [-0.2, -0.15) is 0 Å². The van der Waals surface area contributed by atoms with Crippen LogP contribution in [0.2, 0.25) is 5.02 Å². The number of aliphatic hydroxyl groups is 1. The molecule has 0 unspecified atom stereocenters. The summed E-state index contributed by atoms with van der Waals surface area (Å²) < 4.78 is 0. The molecule has 0 saturated carbocycles. The topological polar surface area (TPSA) is 66.4 Å². The number of hydrogen-bond donors (Lipinski definition) is 2. The molecule has 0 bridgehead atoms. The third kappa shape index (κ3) is 4.42. The molecule has 0 heterocycles. The van der Waals surface area contributed by atoms with E-state index in [1.165, 1.54) is 0 Å². The summed E-state index contributed by atoms with van der Waals surface area (Å²) in [4.78, 5) is 25.6. The Morgan fingerprint density at radius 1 is 0.926 bits per heavy atom. The van der Waals surface area contributed by atoms with E-state index in [1.54, 1.807) is 79.7 Å². The van der Waals surface area contributed by atoms with Gasteiger partial charge < -0.3 is 10.4 Å². The zero-order valence-corrected chi connectivity index (χ0v) is 15.4. The van der Waals surface area contributed by atoms with Crippen LogP contribution >= 0.6 is 11.6 Å². The number of amides is 1. The Hall–Kier alpha value is -2.95. The lowest BCUT2D eigenvalue weighted by Gasteiger charge is -2.11. The molecular weight excluding hydrogens is 362 g/mol. The summed E-state index contributed by atoms with van der Waals surface area (Å²) in [5, 5.41) is 13.0. The highest BCUT2D eigenvalue weighted by molar-refractivity contribution is 6.30.